The maximum atomic E-state index is 12.8. The Kier molecular flexibility index (Phi) is 1.54. The van der Waals surface area contributed by atoms with Gasteiger partial charge in [-0.05, 0) is 30.7 Å². The van der Waals surface area contributed by atoms with E-state index in [0.29, 0.717) is 5.69 Å². The Hall–Kier alpha value is -1.09. The minimum absolute atomic E-state index is 0.178. The monoisotopic (exact) mass is 181 g/mol. The van der Waals surface area contributed by atoms with Crippen LogP contribution >= 0.6 is 11.3 Å². The molecule has 0 unspecified atom stereocenters. The number of halogens is 1. The van der Waals surface area contributed by atoms with Gasteiger partial charge in [0.15, 0.2) is 5.13 Å². The number of hydrogen-bond acceptors (Lipinski definition) is 2. The first-order valence-electron chi connectivity index (χ1n) is 3.62. The average Bonchev–Trinajstić information content (AvgIpc) is 2.29. The van der Waals surface area contributed by atoms with E-state index in [4.69, 9.17) is 5.73 Å². The molecule has 2 aromatic rings. The fraction of sp³-hybridized carbons (Fsp3) is 0.111. The molecule has 0 aliphatic carbocycles. The molecule has 0 aliphatic rings. The molecule has 0 aliphatic heterocycles. The lowest BCUT2D eigenvalue weighted by Gasteiger charge is -1.97. The van der Waals surface area contributed by atoms with Gasteiger partial charge in [0.1, 0.15) is 0 Å². The Morgan fingerprint density at radius 1 is 1.33 bits per heavy atom. The maximum Gasteiger partial charge on any atom is 0.177 e. The smallest absolute Gasteiger partial charge is 0.177 e. The Balaban J connectivity index is 2.88. The fourth-order valence-electron chi connectivity index (χ4n) is 1.28. The highest BCUT2D eigenvalue weighted by atomic mass is 32.1. The van der Waals surface area contributed by atoms with Gasteiger partial charge in [0.25, 0.3) is 0 Å². The molecule has 1 nitrogen and oxygen atoms in total. The summed E-state index contributed by atoms with van der Waals surface area (Å²) < 4.78 is 13.7. The van der Waals surface area contributed by atoms with Crippen LogP contribution in [0.25, 0.3) is 10.1 Å². The number of fused-ring (bicyclic) bond motifs is 1. The van der Waals surface area contributed by atoms with Gasteiger partial charge in [-0.15, -0.1) is 11.3 Å². The molecule has 1 heterocycles. The zero-order chi connectivity index (χ0) is 8.72. The van der Waals surface area contributed by atoms with Gasteiger partial charge in [-0.3, -0.25) is 0 Å². The zero-order valence-electron chi connectivity index (χ0n) is 6.60. The molecule has 0 saturated heterocycles. The van der Waals surface area contributed by atoms with E-state index < -0.39 is 0 Å². The van der Waals surface area contributed by atoms with Crippen LogP contribution in [0, 0.1) is 12.1 Å². The molecule has 62 valence electrons. The van der Waals surface area contributed by atoms with Crippen LogP contribution in [0.2, 0.25) is 0 Å². The third-order valence-corrected chi connectivity index (χ3v) is 2.65. The second kappa shape index (κ2) is 2.45. The van der Waals surface area contributed by atoms with Crippen molar-refractivity contribution in [3.8, 4) is 0 Å². The normalized spacial score (nSPS) is 10.8. The molecular formula is C9H8FNS. The maximum absolute atomic E-state index is 12.8. The Morgan fingerprint density at radius 3 is 2.83 bits per heavy atom. The van der Waals surface area contributed by atoms with Crippen LogP contribution in [0.3, 0.4) is 0 Å². The highest BCUT2D eigenvalue weighted by Gasteiger charge is 2.04. The van der Waals surface area contributed by atoms with Crippen LogP contribution in [0.4, 0.5) is 10.1 Å². The molecule has 0 spiro atoms. The van der Waals surface area contributed by atoms with E-state index in [-0.39, 0.29) is 5.13 Å². The van der Waals surface area contributed by atoms with Gasteiger partial charge in [-0.1, -0.05) is 0 Å². The molecule has 0 radical (unpaired) electrons. The third kappa shape index (κ3) is 1.06. The van der Waals surface area contributed by atoms with Crippen molar-refractivity contribution in [2.45, 2.75) is 6.92 Å². The van der Waals surface area contributed by atoms with Gasteiger partial charge in [-0.25, -0.2) is 0 Å². The Labute approximate surface area is 73.6 Å². The third-order valence-electron chi connectivity index (χ3n) is 1.78. The van der Waals surface area contributed by atoms with E-state index in [1.807, 2.05) is 19.1 Å². The minimum atomic E-state index is -0.178. The molecule has 1 aromatic carbocycles. The first-order valence-corrected chi connectivity index (χ1v) is 4.43. The second-order valence-electron chi connectivity index (χ2n) is 2.82. The number of nitrogen functional groups attached to an aromatic ring is 1. The number of aryl methyl sites for hydroxylation is 1. The first kappa shape index (κ1) is 7.55. The molecule has 0 bridgehead atoms. The van der Waals surface area contributed by atoms with E-state index in [1.54, 1.807) is 0 Å². The first-order chi connectivity index (χ1) is 5.66. The molecule has 0 fully saturated rings. The molecule has 2 rings (SSSR count). The lowest BCUT2D eigenvalue weighted by Crippen LogP contribution is -1.85. The van der Waals surface area contributed by atoms with Gasteiger partial charge in [-0.2, -0.15) is 4.39 Å². The quantitative estimate of drug-likeness (QED) is 0.621. The molecule has 0 saturated carbocycles. The van der Waals surface area contributed by atoms with E-state index in [0.717, 1.165) is 27.0 Å². The molecule has 2 N–H and O–H groups in total. The van der Waals surface area contributed by atoms with Crippen molar-refractivity contribution >= 4 is 27.1 Å². The van der Waals surface area contributed by atoms with Crippen LogP contribution in [0.15, 0.2) is 18.2 Å². The van der Waals surface area contributed by atoms with E-state index in [2.05, 4.69) is 0 Å². The van der Waals surface area contributed by atoms with E-state index in [9.17, 15) is 4.39 Å². The van der Waals surface area contributed by atoms with E-state index >= 15 is 0 Å². The minimum Gasteiger partial charge on any atom is -0.398 e. The highest BCUT2D eigenvalue weighted by molar-refractivity contribution is 7.17. The second-order valence-corrected chi connectivity index (χ2v) is 3.85. The summed E-state index contributed by atoms with van der Waals surface area (Å²) in [5.41, 5.74) is 7.44. The van der Waals surface area contributed by atoms with Crippen molar-refractivity contribution in [3.63, 3.8) is 0 Å². The Bertz CT molecular complexity index is 433. The molecule has 3 heteroatoms. The van der Waals surface area contributed by atoms with Gasteiger partial charge in [0.05, 0.1) is 0 Å². The van der Waals surface area contributed by atoms with Crippen LogP contribution < -0.4 is 5.73 Å². The molecule has 0 atom stereocenters. The molecule has 1 aromatic heterocycles. The van der Waals surface area contributed by atoms with E-state index in [1.165, 1.54) is 6.07 Å². The van der Waals surface area contributed by atoms with Crippen LogP contribution in [0.5, 0.6) is 0 Å². The average molecular weight is 181 g/mol. The summed E-state index contributed by atoms with van der Waals surface area (Å²) in [4.78, 5) is 0. The van der Waals surface area contributed by atoms with Gasteiger partial charge >= 0.3 is 0 Å². The highest BCUT2D eigenvalue weighted by Crippen LogP contribution is 2.29. The summed E-state index contributed by atoms with van der Waals surface area (Å²) in [5.74, 6) is 0. The standard InChI is InChI=1S/C9H8FNS/c1-5-2-7(11)6-4-9(10)12-8(6)3-5/h2-4H,11H2,1H3. The predicted octanol–water partition coefficient (Wildman–Crippen LogP) is 2.93. The topological polar surface area (TPSA) is 26.0 Å². The lowest BCUT2D eigenvalue weighted by atomic mass is 10.1. The SMILES string of the molecule is Cc1cc(N)c2cc(F)sc2c1. The van der Waals surface area contributed by atoms with Crippen LogP contribution in [-0.4, -0.2) is 0 Å². The predicted molar refractivity (Wildman–Crippen MR) is 50.9 cm³/mol. The van der Waals surface area contributed by atoms with Gasteiger partial charge in [0.2, 0.25) is 0 Å². The fourth-order valence-corrected chi connectivity index (χ4v) is 2.20. The summed E-state index contributed by atoms with van der Waals surface area (Å²) in [7, 11) is 0. The number of rotatable bonds is 0. The van der Waals surface area contributed by atoms with Crippen molar-refractivity contribution < 1.29 is 4.39 Å². The largest absolute Gasteiger partial charge is 0.398 e. The van der Waals surface area contributed by atoms with Crippen molar-refractivity contribution in [1.82, 2.24) is 0 Å². The number of thiophene rings is 1. The molecule has 12 heavy (non-hydrogen) atoms. The number of anilines is 1. The van der Waals surface area contributed by atoms with Gasteiger partial charge in [0, 0.05) is 15.8 Å². The zero-order valence-corrected chi connectivity index (χ0v) is 7.41. The molecule has 0 amide bonds. The number of hydrogen-bond donors (Lipinski definition) is 1. The lowest BCUT2D eigenvalue weighted by molar-refractivity contribution is 0.658. The van der Waals surface area contributed by atoms with Crippen molar-refractivity contribution in [3.05, 3.63) is 28.9 Å². The molecular weight excluding hydrogens is 173 g/mol. The Morgan fingerprint density at radius 2 is 2.08 bits per heavy atom. The van der Waals surface area contributed by atoms with Gasteiger partial charge < -0.3 is 5.73 Å². The van der Waals surface area contributed by atoms with Crippen molar-refractivity contribution in [2.75, 3.05) is 5.73 Å². The summed E-state index contributed by atoms with van der Waals surface area (Å²) in [5, 5.41) is 0.644. The number of nitrogens with two attached hydrogens (primary N) is 1. The summed E-state index contributed by atoms with van der Waals surface area (Å²) in [6.45, 7) is 1.95. The van der Waals surface area contributed by atoms with Crippen molar-refractivity contribution in [2.24, 2.45) is 0 Å². The van der Waals surface area contributed by atoms with Crippen molar-refractivity contribution in [1.29, 1.82) is 0 Å². The van der Waals surface area contributed by atoms with Crippen LogP contribution in [0.1, 0.15) is 5.56 Å². The summed E-state index contributed by atoms with van der Waals surface area (Å²) >= 11 is 1.13. The number of benzene rings is 1. The summed E-state index contributed by atoms with van der Waals surface area (Å²) in [6.07, 6.45) is 0. The summed E-state index contributed by atoms with van der Waals surface area (Å²) in [6, 6.07) is 5.28. The van der Waals surface area contributed by atoms with Crippen LogP contribution in [-0.2, 0) is 0 Å².